The van der Waals surface area contributed by atoms with E-state index in [2.05, 4.69) is 10.4 Å². The molecule has 0 fully saturated rings. The summed E-state index contributed by atoms with van der Waals surface area (Å²) in [6.45, 7) is 7.47. The number of carbonyl (C=O) groups is 2. The molecule has 0 saturated heterocycles. The number of nitrogens with zero attached hydrogens (tertiary/aromatic N) is 3. The number of aromatic nitrogens is 2. The zero-order valence-electron chi connectivity index (χ0n) is 15.1. The van der Waals surface area contributed by atoms with Crippen molar-refractivity contribution >= 4 is 22.6 Å². The predicted octanol–water partition coefficient (Wildman–Crippen LogP) is 1.08. The lowest BCUT2D eigenvalue weighted by Gasteiger charge is -2.21. The molecule has 0 atom stereocenters. The van der Waals surface area contributed by atoms with Crippen molar-refractivity contribution in [2.45, 2.75) is 40.3 Å². The summed E-state index contributed by atoms with van der Waals surface area (Å²) < 4.78 is 1.17. The number of amides is 2. The van der Waals surface area contributed by atoms with Crippen LogP contribution in [0.15, 0.2) is 29.1 Å². The number of fused-ring (bicyclic) bond motifs is 1. The smallest absolute Gasteiger partial charge is 0.275 e. The first-order valence-corrected chi connectivity index (χ1v) is 8.37. The van der Waals surface area contributed by atoms with E-state index in [1.54, 1.807) is 26.0 Å². The Hall–Kier alpha value is -2.70. The minimum absolute atomic E-state index is 0.00808. The van der Waals surface area contributed by atoms with E-state index in [0.717, 1.165) is 5.39 Å². The van der Waals surface area contributed by atoms with Crippen molar-refractivity contribution in [3.63, 3.8) is 0 Å². The third kappa shape index (κ3) is 4.43. The van der Waals surface area contributed by atoms with Gasteiger partial charge in [-0.05, 0) is 33.8 Å². The fourth-order valence-electron chi connectivity index (χ4n) is 2.66. The Kier molecular flexibility index (Phi) is 5.90. The summed E-state index contributed by atoms with van der Waals surface area (Å²) in [6.07, 6.45) is 0. The Morgan fingerprint density at radius 2 is 1.88 bits per heavy atom. The van der Waals surface area contributed by atoms with Crippen LogP contribution in [0, 0.1) is 6.92 Å². The molecule has 0 unspecified atom stereocenters. The average Bonchev–Trinajstić information content (AvgIpc) is 2.56. The highest BCUT2D eigenvalue weighted by Crippen LogP contribution is 2.11. The van der Waals surface area contributed by atoms with Gasteiger partial charge in [0.2, 0.25) is 11.8 Å². The largest absolute Gasteiger partial charge is 0.352 e. The van der Waals surface area contributed by atoms with Gasteiger partial charge in [-0.25, -0.2) is 4.68 Å². The van der Waals surface area contributed by atoms with Crippen LogP contribution in [0.1, 0.15) is 26.5 Å². The summed E-state index contributed by atoms with van der Waals surface area (Å²) in [5.74, 6) is -0.536. The van der Waals surface area contributed by atoms with Gasteiger partial charge in [-0.3, -0.25) is 14.4 Å². The van der Waals surface area contributed by atoms with E-state index in [-0.39, 0.29) is 36.5 Å². The van der Waals surface area contributed by atoms with Gasteiger partial charge in [0.25, 0.3) is 5.56 Å². The maximum atomic E-state index is 12.5. The molecule has 0 aliphatic carbocycles. The molecule has 25 heavy (non-hydrogen) atoms. The normalized spacial score (nSPS) is 10.9. The molecular weight excluding hydrogens is 320 g/mol. The van der Waals surface area contributed by atoms with Gasteiger partial charge in [-0.1, -0.05) is 18.2 Å². The Bertz CT molecular complexity index is 842. The molecule has 7 heteroatoms. The molecule has 0 radical (unpaired) electrons. The molecule has 0 spiro atoms. The van der Waals surface area contributed by atoms with E-state index in [1.807, 2.05) is 26.0 Å². The van der Waals surface area contributed by atoms with E-state index in [9.17, 15) is 14.4 Å². The number of hydrogen-bond acceptors (Lipinski definition) is 4. The van der Waals surface area contributed by atoms with Gasteiger partial charge < -0.3 is 10.2 Å². The second kappa shape index (κ2) is 7.92. The van der Waals surface area contributed by atoms with Gasteiger partial charge in [0.05, 0.1) is 17.6 Å². The van der Waals surface area contributed by atoms with Gasteiger partial charge >= 0.3 is 0 Å². The zero-order valence-corrected chi connectivity index (χ0v) is 15.1. The first-order valence-electron chi connectivity index (χ1n) is 8.37. The molecule has 134 valence electrons. The first-order chi connectivity index (χ1) is 11.8. The molecule has 0 saturated carbocycles. The van der Waals surface area contributed by atoms with Crippen LogP contribution in [0.25, 0.3) is 10.8 Å². The summed E-state index contributed by atoms with van der Waals surface area (Å²) in [5, 5.41) is 8.30. The molecule has 1 heterocycles. The summed E-state index contributed by atoms with van der Waals surface area (Å²) in [4.78, 5) is 38.4. The third-order valence-electron chi connectivity index (χ3n) is 3.86. The highest BCUT2D eigenvalue weighted by atomic mass is 16.2. The van der Waals surface area contributed by atoms with E-state index in [4.69, 9.17) is 0 Å². The summed E-state index contributed by atoms with van der Waals surface area (Å²) >= 11 is 0. The number of rotatable bonds is 6. The fraction of sp³-hybridized carbons (Fsp3) is 0.444. The SMILES string of the molecule is CCN(CC(=O)NC(C)C)C(=O)Cn1nc(C)c2ccccc2c1=O. The lowest BCUT2D eigenvalue weighted by atomic mass is 10.1. The Morgan fingerprint density at radius 1 is 1.24 bits per heavy atom. The van der Waals surface area contributed by atoms with Gasteiger partial charge in [-0.15, -0.1) is 0 Å². The molecule has 0 aliphatic rings. The second-order valence-corrected chi connectivity index (χ2v) is 6.22. The summed E-state index contributed by atoms with van der Waals surface area (Å²) in [7, 11) is 0. The molecule has 2 amide bonds. The van der Waals surface area contributed by atoms with E-state index in [0.29, 0.717) is 17.6 Å². The minimum atomic E-state index is -0.314. The lowest BCUT2D eigenvalue weighted by Crippen LogP contribution is -2.44. The first kappa shape index (κ1) is 18.6. The lowest BCUT2D eigenvalue weighted by molar-refractivity contribution is -0.136. The van der Waals surface area contributed by atoms with Crippen LogP contribution in [0.4, 0.5) is 0 Å². The highest BCUT2D eigenvalue weighted by Gasteiger charge is 2.18. The molecule has 0 aliphatic heterocycles. The number of likely N-dealkylation sites (N-methyl/N-ethyl adjacent to an activating group) is 1. The molecule has 7 nitrogen and oxygen atoms in total. The van der Waals surface area contributed by atoms with Crippen LogP contribution < -0.4 is 10.9 Å². The monoisotopic (exact) mass is 344 g/mol. The minimum Gasteiger partial charge on any atom is -0.352 e. The maximum absolute atomic E-state index is 12.5. The van der Waals surface area contributed by atoms with Gasteiger partial charge in [0.15, 0.2) is 0 Å². The van der Waals surface area contributed by atoms with Crippen LogP contribution in [0.3, 0.4) is 0 Å². The number of nitrogens with one attached hydrogen (secondary N) is 1. The van der Waals surface area contributed by atoms with Crippen molar-refractivity contribution in [1.29, 1.82) is 0 Å². The van der Waals surface area contributed by atoms with Gasteiger partial charge in [0, 0.05) is 18.0 Å². The number of benzene rings is 1. The topological polar surface area (TPSA) is 84.3 Å². The number of aryl methyl sites for hydroxylation is 1. The van der Waals surface area contributed by atoms with E-state index < -0.39 is 0 Å². The van der Waals surface area contributed by atoms with Crippen LogP contribution in [-0.4, -0.2) is 45.6 Å². The van der Waals surface area contributed by atoms with Crippen molar-refractivity contribution in [3.05, 3.63) is 40.3 Å². The molecule has 2 rings (SSSR count). The van der Waals surface area contributed by atoms with Crippen LogP contribution >= 0.6 is 0 Å². The van der Waals surface area contributed by atoms with Gasteiger partial charge in [-0.2, -0.15) is 5.10 Å². The summed E-state index contributed by atoms with van der Waals surface area (Å²) in [5.41, 5.74) is 0.376. The van der Waals surface area contributed by atoms with Crippen LogP contribution in [0.5, 0.6) is 0 Å². The second-order valence-electron chi connectivity index (χ2n) is 6.22. The summed E-state index contributed by atoms with van der Waals surface area (Å²) in [6, 6.07) is 7.19. The average molecular weight is 344 g/mol. The van der Waals surface area contributed by atoms with Crippen molar-refractivity contribution in [3.8, 4) is 0 Å². The van der Waals surface area contributed by atoms with E-state index in [1.165, 1.54) is 9.58 Å². The fourth-order valence-corrected chi connectivity index (χ4v) is 2.66. The van der Waals surface area contributed by atoms with Crippen molar-refractivity contribution in [2.24, 2.45) is 0 Å². The van der Waals surface area contributed by atoms with Crippen LogP contribution in [0.2, 0.25) is 0 Å². The quantitative estimate of drug-likeness (QED) is 0.850. The predicted molar refractivity (Wildman–Crippen MR) is 96.3 cm³/mol. The highest BCUT2D eigenvalue weighted by molar-refractivity contribution is 5.86. The van der Waals surface area contributed by atoms with E-state index >= 15 is 0 Å². The molecule has 2 aromatic rings. The Labute approximate surface area is 146 Å². The van der Waals surface area contributed by atoms with Crippen LogP contribution in [-0.2, 0) is 16.1 Å². The van der Waals surface area contributed by atoms with Gasteiger partial charge in [0.1, 0.15) is 6.54 Å². The van der Waals surface area contributed by atoms with Crippen molar-refractivity contribution in [1.82, 2.24) is 20.0 Å². The Morgan fingerprint density at radius 3 is 2.48 bits per heavy atom. The molecule has 1 aromatic carbocycles. The van der Waals surface area contributed by atoms with Crippen molar-refractivity contribution in [2.75, 3.05) is 13.1 Å². The standard InChI is InChI=1S/C18H24N4O3/c1-5-21(10-16(23)19-12(2)3)17(24)11-22-18(25)15-9-7-6-8-14(15)13(4)20-22/h6-9,12H,5,10-11H2,1-4H3,(H,19,23). The third-order valence-corrected chi connectivity index (χ3v) is 3.86. The maximum Gasteiger partial charge on any atom is 0.275 e. The molecule has 1 N–H and O–H groups in total. The van der Waals surface area contributed by atoms with Crippen molar-refractivity contribution < 1.29 is 9.59 Å². The number of hydrogen-bond donors (Lipinski definition) is 1. The molecular formula is C18H24N4O3. The number of carbonyl (C=O) groups excluding carboxylic acids is 2. The zero-order chi connectivity index (χ0) is 18.6. The Balaban J connectivity index is 2.22. The molecule has 1 aromatic heterocycles. The molecule has 0 bridgehead atoms.